The maximum absolute atomic E-state index is 12.5. The lowest BCUT2D eigenvalue weighted by Gasteiger charge is -2.12. The molecular formula is C16H17N3O5. The van der Waals surface area contributed by atoms with E-state index in [2.05, 4.69) is 15.3 Å². The van der Waals surface area contributed by atoms with Crippen molar-refractivity contribution in [2.24, 2.45) is 0 Å². The third kappa shape index (κ3) is 3.60. The molecule has 8 nitrogen and oxygen atoms in total. The molecule has 0 saturated heterocycles. The van der Waals surface area contributed by atoms with Gasteiger partial charge in [-0.05, 0) is 24.6 Å². The molecule has 1 amide bonds. The number of carboxylic acids is 1. The molecule has 0 bridgehead atoms. The van der Waals surface area contributed by atoms with E-state index in [1.54, 1.807) is 31.2 Å². The van der Waals surface area contributed by atoms with Crippen LogP contribution in [0.3, 0.4) is 0 Å². The van der Waals surface area contributed by atoms with E-state index < -0.39 is 17.8 Å². The van der Waals surface area contributed by atoms with Crippen molar-refractivity contribution in [3.63, 3.8) is 0 Å². The van der Waals surface area contributed by atoms with Crippen LogP contribution in [0.1, 0.15) is 28.8 Å². The average molecular weight is 331 g/mol. The molecule has 24 heavy (non-hydrogen) atoms. The van der Waals surface area contributed by atoms with Crippen molar-refractivity contribution >= 4 is 17.6 Å². The number of ether oxygens (including phenoxy) is 2. The number of aliphatic carboxylic acids is 1. The fourth-order valence-corrected chi connectivity index (χ4v) is 2.05. The summed E-state index contributed by atoms with van der Waals surface area (Å²) in [6, 6.07) is 6.53. The average Bonchev–Trinajstić information content (AvgIpc) is 2.60. The predicted molar refractivity (Wildman–Crippen MR) is 85.6 cm³/mol. The molecule has 0 fully saturated rings. The molecule has 2 rings (SSSR count). The first-order valence-electron chi connectivity index (χ1n) is 7.05. The molecule has 1 aromatic heterocycles. The van der Waals surface area contributed by atoms with Crippen LogP contribution in [0.25, 0.3) is 0 Å². The van der Waals surface area contributed by atoms with Crippen molar-refractivity contribution < 1.29 is 24.2 Å². The molecule has 2 N–H and O–H groups in total. The van der Waals surface area contributed by atoms with E-state index in [-0.39, 0.29) is 17.3 Å². The second-order valence-corrected chi connectivity index (χ2v) is 4.90. The Hall–Kier alpha value is -3.16. The molecule has 126 valence electrons. The van der Waals surface area contributed by atoms with Gasteiger partial charge in [-0.15, -0.1) is 0 Å². The van der Waals surface area contributed by atoms with Crippen LogP contribution in [-0.4, -0.2) is 41.2 Å². The third-order valence-corrected chi connectivity index (χ3v) is 3.43. The van der Waals surface area contributed by atoms with Crippen molar-refractivity contribution in [3.8, 4) is 11.8 Å². The second kappa shape index (κ2) is 7.40. The first-order chi connectivity index (χ1) is 11.5. The van der Waals surface area contributed by atoms with Crippen LogP contribution in [-0.2, 0) is 4.79 Å². The van der Waals surface area contributed by atoms with Gasteiger partial charge in [-0.25, -0.2) is 9.97 Å². The van der Waals surface area contributed by atoms with Crippen molar-refractivity contribution in [2.45, 2.75) is 12.8 Å². The largest absolute Gasteiger partial charge is 0.481 e. The fourth-order valence-electron chi connectivity index (χ4n) is 2.05. The Balaban J connectivity index is 2.23. The molecule has 0 spiro atoms. The van der Waals surface area contributed by atoms with Crippen molar-refractivity contribution in [3.05, 3.63) is 41.7 Å². The van der Waals surface area contributed by atoms with Gasteiger partial charge < -0.3 is 19.9 Å². The van der Waals surface area contributed by atoms with Crippen LogP contribution in [0, 0.1) is 0 Å². The molecule has 0 unspecified atom stereocenters. The minimum absolute atomic E-state index is 0.0745. The minimum atomic E-state index is -0.914. The number of amides is 1. The number of carboxylic acid groups (broad SMARTS) is 1. The summed E-state index contributed by atoms with van der Waals surface area (Å²) in [6.45, 7) is 1.59. The number of nitrogens with zero attached hydrogens (tertiary/aromatic N) is 2. The van der Waals surface area contributed by atoms with E-state index in [1.807, 2.05) is 0 Å². The summed E-state index contributed by atoms with van der Waals surface area (Å²) < 4.78 is 10.1. The Labute approximate surface area is 138 Å². The van der Waals surface area contributed by atoms with E-state index in [0.717, 1.165) is 0 Å². The van der Waals surface area contributed by atoms with Gasteiger partial charge in [-0.1, -0.05) is 12.1 Å². The normalized spacial score (nSPS) is 11.5. The number of methoxy groups -OCH3 is 2. The van der Waals surface area contributed by atoms with Crippen molar-refractivity contribution in [1.29, 1.82) is 0 Å². The van der Waals surface area contributed by atoms with E-state index in [1.165, 1.54) is 20.5 Å². The fraction of sp³-hybridized carbons (Fsp3) is 0.250. The zero-order valence-corrected chi connectivity index (χ0v) is 13.4. The van der Waals surface area contributed by atoms with Crippen molar-refractivity contribution in [1.82, 2.24) is 9.97 Å². The zero-order chi connectivity index (χ0) is 17.7. The monoisotopic (exact) mass is 331 g/mol. The van der Waals surface area contributed by atoms with E-state index in [9.17, 15) is 9.59 Å². The topological polar surface area (TPSA) is 111 Å². The molecule has 1 atom stereocenters. The van der Waals surface area contributed by atoms with Crippen LogP contribution in [0.15, 0.2) is 30.6 Å². The molecule has 1 heterocycles. The molecule has 1 aromatic carbocycles. The maximum Gasteiger partial charge on any atom is 0.310 e. The number of rotatable bonds is 6. The third-order valence-electron chi connectivity index (χ3n) is 3.43. The summed E-state index contributed by atoms with van der Waals surface area (Å²) in [5.41, 5.74) is 1.21. The Kier molecular flexibility index (Phi) is 5.31. The summed E-state index contributed by atoms with van der Waals surface area (Å²) in [4.78, 5) is 31.2. The van der Waals surface area contributed by atoms with E-state index >= 15 is 0 Å². The summed E-state index contributed by atoms with van der Waals surface area (Å²) in [7, 11) is 2.78. The Morgan fingerprint density at radius 1 is 1.08 bits per heavy atom. The number of carbonyl (C=O) groups excluding carboxylic acids is 1. The number of hydrogen-bond acceptors (Lipinski definition) is 6. The molecule has 0 aliphatic heterocycles. The van der Waals surface area contributed by atoms with Crippen LogP contribution in [0.2, 0.25) is 0 Å². The summed E-state index contributed by atoms with van der Waals surface area (Å²) in [6.07, 6.45) is 1.23. The van der Waals surface area contributed by atoms with Crippen molar-refractivity contribution in [2.75, 3.05) is 19.5 Å². The highest BCUT2D eigenvalue weighted by Gasteiger charge is 2.21. The molecule has 0 radical (unpaired) electrons. The SMILES string of the molecule is COc1ncnc(OC)c1C(=O)Nc1ccc([C@H](C)C(=O)O)cc1. The van der Waals surface area contributed by atoms with Gasteiger partial charge in [0, 0.05) is 5.69 Å². The van der Waals surface area contributed by atoms with Crippen LogP contribution < -0.4 is 14.8 Å². The minimum Gasteiger partial charge on any atom is -0.481 e. The second-order valence-electron chi connectivity index (χ2n) is 4.90. The summed E-state index contributed by atoms with van der Waals surface area (Å²) >= 11 is 0. The van der Waals surface area contributed by atoms with Gasteiger partial charge in [0.1, 0.15) is 6.33 Å². The van der Waals surface area contributed by atoms with Crippen LogP contribution in [0.5, 0.6) is 11.8 Å². The Bertz CT molecular complexity index is 724. The zero-order valence-electron chi connectivity index (χ0n) is 13.4. The number of anilines is 1. The number of hydrogen-bond donors (Lipinski definition) is 2. The molecular weight excluding hydrogens is 314 g/mol. The van der Waals surface area contributed by atoms with Gasteiger partial charge in [0.05, 0.1) is 20.1 Å². The van der Waals surface area contributed by atoms with Gasteiger partial charge in [-0.2, -0.15) is 0 Å². The molecule has 0 aliphatic rings. The van der Waals surface area contributed by atoms with E-state index in [0.29, 0.717) is 11.3 Å². The highest BCUT2D eigenvalue weighted by Crippen LogP contribution is 2.25. The highest BCUT2D eigenvalue weighted by atomic mass is 16.5. The summed E-state index contributed by atoms with van der Waals surface area (Å²) in [5.74, 6) is -1.85. The number of nitrogens with one attached hydrogen (secondary N) is 1. The lowest BCUT2D eigenvalue weighted by Crippen LogP contribution is -2.16. The van der Waals surface area contributed by atoms with Gasteiger partial charge >= 0.3 is 5.97 Å². The van der Waals surface area contributed by atoms with Gasteiger partial charge in [0.2, 0.25) is 11.8 Å². The molecule has 0 saturated carbocycles. The quantitative estimate of drug-likeness (QED) is 0.832. The van der Waals surface area contributed by atoms with Crippen LogP contribution in [0.4, 0.5) is 5.69 Å². The molecule has 0 aliphatic carbocycles. The van der Waals surface area contributed by atoms with Gasteiger partial charge in [0.15, 0.2) is 5.56 Å². The highest BCUT2D eigenvalue weighted by molar-refractivity contribution is 6.07. The lowest BCUT2D eigenvalue weighted by atomic mass is 10.0. The molecule has 2 aromatic rings. The lowest BCUT2D eigenvalue weighted by molar-refractivity contribution is -0.138. The van der Waals surface area contributed by atoms with Gasteiger partial charge in [0.25, 0.3) is 5.91 Å². The standard InChI is InChI=1S/C16H17N3O5/c1-9(16(21)22)10-4-6-11(7-5-10)19-13(20)12-14(23-2)17-8-18-15(12)24-3/h4-9H,1-3H3,(H,19,20)(H,21,22)/t9-/m0/s1. The number of carbonyl (C=O) groups is 2. The number of benzene rings is 1. The number of aromatic nitrogens is 2. The Morgan fingerprint density at radius 2 is 1.62 bits per heavy atom. The smallest absolute Gasteiger partial charge is 0.310 e. The van der Waals surface area contributed by atoms with Gasteiger partial charge in [-0.3, -0.25) is 9.59 Å². The Morgan fingerprint density at radius 3 is 2.08 bits per heavy atom. The molecule has 8 heteroatoms. The first kappa shape index (κ1) is 17.2. The maximum atomic E-state index is 12.5. The summed E-state index contributed by atoms with van der Waals surface area (Å²) in [5, 5.41) is 11.7. The van der Waals surface area contributed by atoms with Crippen LogP contribution >= 0.6 is 0 Å². The predicted octanol–water partition coefficient (Wildman–Crippen LogP) is 1.93. The van der Waals surface area contributed by atoms with E-state index in [4.69, 9.17) is 14.6 Å². The first-order valence-corrected chi connectivity index (χ1v) is 7.05.